The molecule has 0 amide bonds. The number of nitrogens with zero attached hydrogens (tertiary/aromatic N) is 5. The standard InChI is InChI=1S/C17H24N6O/c1-22(2)10-14-7-15(24)11-23(14)17-8-16(20-12-21-17)19-9-13-3-5-18-6-4-13/h3-6,8,12,14-15,24H,7,9-11H2,1-2H3,(H,19,20,21)/t14-,15-/m1/s1. The lowest BCUT2D eigenvalue weighted by molar-refractivity contribution is 0.191. The van der Waals surface area contributed by atoms with E-state index in [1.165, 1.54) is 0 Å². The largest absolute Gasteiger partial charge is 0.391 e. The van der Waals surface area contributed by atoms with Crippen molar-refractivity contribution in [3.63, 3.8) is 0 Å². The highest BCUT2D eigenvalue weighted by atomic mass is 16.3. The molecule has 24 heavy (non-hydrogen) atoms. The van der Waals surface area contributed by atoms with E-state index < -0.39 is 0 Å². The lowest BCUT2D eigenvalue weighted by Crippen LogP contribution is -2.38. The minimum atomic E-state index is -0.307. The number of aliphatic hydroxyl groups excluding tert-OH is 1. The number of nitrogens with one attached hydrogen (secondary N) is 1. The number of β-amino-alcohol motifs (C(OH)–C–C–N with tert-alkyl or cyclic N) is 1. The average Bonchev–Trinajstić information content (AvgIpc) is 2.94. The molecule has 2 aromatic heterocycles. The van der Waals surface area contributed by atoms with Crippen molar-refractivity contribution < 1.29 is 5.11 Å². The van der Waals surface area contributed by atoms with Crippen molar-refractivity contribution in [1.29, 1.82) is 0 Å². The molecule has 1 fully saturated rings. The maximum atomic E-state index is 10.0. The van der Waals surface area contributed by atoms with Crippen LogP contribution in [0.25, 0.3) is 0 Å². The molecule has 7 nitrogen and oxygen atoms in total. The molecule has 1 aliphatic rings. The maximum Gasteiger partial charge on any atom is 0.134 e. The molecule has 2 aromatic rings. The third kappa shape index (κ3) is 4.18. The number of aliphatic hydroxyl groups is 1. The van der Waals surface area contributed by atoms with Crippen molar-refractivity contribution in [2.24, 2.45) is 0 Å². The number of hydrogen-bond donors (Lipinski definition) is 2. The number of anilines is 2. The highest BCUT2D eigenvalue weighted by Crippen LogP contribution is 2.25. The fraction of sp³-hybridized carbons (Fsp3) is 0.471. The smallest absolute Gasteiger partial charge is 0.134 e. The van der Waals surface area contributed by atoms with Gasteiger partial charge in [-0.1, -0.05) is 0 Å². The second-order valence-electron chi connectivity index (χ2n) is 6.43. The molecule has 3 rings (SSSR count). The molecule has 1 aliphatic heterocycles. The Balaban J connectivity index is 1.70. The van der Waals surface area contributed by atoms with Gasteiger partial charge < -0.3 is 20.2 Å². The first-order valence-corrected chi connectivity index (χ1v) is 8.16. The second kappa shape index (κ2) is 7.55. The molecule has 0 spiro atoms. The van der Waals surface area contributed by atoms with E-state index in [0.717, 1.165) is 30.2 Å². The van der Waals surface area contributed by atoms with Crippen molar-refractivity contribution >= 4 is 11.6 Å². The number of likely N-dealkylation sites (N-methyl/N-ethyl adjacent to an activating group) is 1. The van der Waals surface area contributed by atoms with Crippen molar-refractivity contribution in [3.8, 4) is 0 Å². The van der Waals surface area contributed by atoms with Crippen LogP contribution >= 0.6 is 0 Å². The first-order valence-electron chi connectivity index (χ1n) is 8.16. The molecular weight excluding hydrogens is 304 g/mol. The highest BCUT2D eigenvalue weighted by Gasteiger charge is 2.32. The van der Waals surface area contributed by atoms with Gasteiger partial charge in [0.25, 0.3) is 0 Å². The summed E-state index contributed by atoms with van der Waals surface area (Å²) in [6.45, 7) is 2.18. The van der Waals surface area contributed by atoms with Gasteiger partial charge in [0, 0.05) is 44.1 Å². The lowest BCUT2D eigenvalue weighted by Gasteiger charge is -2.27. The molecule has 3 heterocycles. The second-order valence-corrected chi connectivity index (χ2v) is 6.43. The van der Waals surface area contributed by atoms with Gasteiger partial charge in [-0.25, -0.2) is 9.97 Å². The number of pyridine rings is 1. The van der Waals surface area contributed by atoms with Crippen molar-refractivity contribution in [2.45, 2.75) is 25.1 Å². The molecule has 7 heteroatoms. The van der Waals surface area contributed by atoms with Crippen LogP contribution in [0, 0.1) is 0 Å². The summed E-state index contributed by atoms with van der Waals surface area (Å²) in [7, 11) is 4.09. The zero-order valence-electron chi connectivity index (χ0n) is 14.1. The third-order valence-electron chi connectivity index (χ3n) is 4.14. The van der Waals surface area contributed by atoms with Gasteiger partial charge in [0.05, 0.1) is 6.10 Å². The Kier molecular flexibility index (Phi) is 5.22. The van der Waals surface area contributed by atoms with Crippen LogP contribution in [-0.4, -0.2) is 64.3 Å². The predicted octanol–water partition coefficient (Wildman–Crippen LogP) is 0.985. The summed E-state index contributed by atoms with van der Waals surface area (Å²) in [4.78, 5) is 17.0. The SMILES string of the molecule is CN(C)C[C@H]1C[C@@H](O)CN1c1cc(NCc2ccncc2)ncn1. The Morgan fingerprint density at radius 3 is 2.83 bits per heavy atom. The molecule has 1 saturated heterocycles. The Morgan fingerprint density at radius 2 is 2.08 bits per heavy atom. The number of hydrogen-bond acceptors (Lipinski definition) is 7. The van der Waals surface area contributed by atoms with E-state index in [1.807, 2.05) is 32.3 Å². The van der Waals surface area contributed by atoms with Crippen LogP contribution in [0.3, 0.4) is 0 Å². The molecule has 0 aromatic carbocycles. The molecule has 0 aliphatic carbocycles. The molecule has 2 N–H and O–H groups in total. The summed E-state index contributed by atoms with van der Waals surface area (Å²) in [5, 5.41) is 13.4. The Bertz CT molecular complexity index is 651. The van der Waals surface area contributed by atoms with Gasteiger partial charge in [-0.15, -0.1) is 0 Å². The van der Waals surface area contributed by atoms with E-state index in [9.17, 15) is 5.11 Å². The molecule has 0 bridgehead atoms. The Morgan fingerprint density at radius 1 is 1.29 bits per heavy atom. The van der Waals surface area contributed by atoms with Crippen LogP contribution < -0.4 is 10.2 Å². The van der Waals surface area contributed by atoms with Crippen LogP contribution in [-0.2, 0) is 6.54 Å². The van der Waals surface area contributed by atoms with Crippen LogP contribution in [0.5, 0.6) is 0 Å². The number of rotatable bonds is 6. The van der Waals surface area contributed by atoms with E-state index in [1.54, 1.807) is 18.7 Å². The fourth-order valence-electron chi connectivity index (χ4n) is 3.06. The zero-order valence-corrected chi connectivity index (χ0v) is 14.1. The highest BCUT2D eigenvalue weighted by molar-refractivity contribution is 5.50. The first-order chi connectivity index (χ1) is 11.6. The van der Waals surface area contributed by atoms with E-state index in [2.05, 4.69) is 30.1 Å². The monoisotopic (exact) mass is 328 g/mol. The van der Waals surface area contributed by atoms with E-state index in [4.69, 9.17) is 0 Å². The summed E-state index contributed by atoms with van der Waals surface area (Å²) in [5.41, 5.74) is 1.15. The Labute approximate surface area is 142 Å². The third-order valence-corrected chi connectivity index (χ3v) is 4.14. The zero-order chi connectivity index (χ0) is 16.9. The first kappa shape index (κ1) is 16.6. The van der Waals surface area contributed by atoms with Crippen molar-refractivity contribution in [2.75, 3.05) is 37.4 Å². The molecular formula is C17H24N6O. The van der Waals surface area contributed by atoms with Crippen molar-refractivity contribution in [3.05, 3.63) is 42.5 Å². The average molecular weight is 328 g/mol. The van der Waals surface area contributed by atoms with Gasteiger partial charge in [-0.2, -0.15) is 0 Å². The topological polar surface area (TPSA) is 77.4 Å². The van der Waals surface area contributed by atoms with Gasteiger partial charge >= 0.3 is 0 Å². The minimum absolute atomic E-state index is 0.262. The predicted molar refractivity (Wildman–Crippen MR) is 93.9 cm³/mol. The maximum absolute atomic E-state index is 10.0. The van der Waals surface area contributed by atoms with E-state index in [0.29, 0.717) is 13.1 Å². The van der Waals surface area contributed by atoms with Crippen molar-refractivity contribution in [1.82, 2.24) is 19.9 Å². The molecule has 0 saturated carbocycles. The van der Waals surface area contributed by atoms with Crippen LogP contribution in [0.4, 0.5) is 11.6 Å². The van der Waals surface area contributed by atoms with Crippen LogP contribution in [0.2, 0.25) is 0 Å². The van der Waals surface area contributed by atoms with Gasteiger partial charge in [0.1, 0.15) is 18.0 Å². The summed E-state index contributed by atoms with van der Waals surface area (Å²) in [6.07, 6.45) is 5.58. The van der Waals surface area contributed by atoms with Crippen LogP contribution in [0.15, 0.2) is 36.9 Å². The summed E-state index contributed by atoms with van der Waals surface area (Å²) in [6, 6.07) is 6.15. The molecule has 2 atom stereocenters. The van der Waals surface area contributed by atoms with E-state index in [-0.39, 0.29) is 12.1 Å². The lowest BCUT2D eigenvalue weighted by atomic mass is 10.2. The normalized spacial score (nSPS) is 20.6. The van der Waals surface area contributed by atoms with E-state index >= 15 is 0 Å². The molecule has 0 unspecified atom stereocenters. The molecule has 0 radical (unpaired) electrons. The number of aromatic nitrogens is 3. The summed E-state index contributed by atoms with van der Waals surface area (Å²) in [5.74, 6) is 1.63. The fourth-order valence-corrected chi connectivity index (χ4v) is 3.06. The summed E-state index contributed by atoms with van der Waals surface area (Å²) >= 11 is 0. The quantitative estimate of drug-likeness (QED) is 0.818. The van der Waals surface area contributed by atoms with Gasteiger partial charge in [-0.3, -0.25) is 4.98 Å². The molecule has 128 valence electrons. The van der Waals surface area contributed by atoms with Crippen LogP contribution in [0.1, 0.15) is 12.0 Å². The van der Waals surface area contributed by atoms with Gasteiger partial charge in [0.2, 0.25) is 0 Å². The van der Waals surface area contributed by atoms with Gasteiger partial charge in [-0.05, 0) is 38.2 Å². The van der Waals surface area contributed by atoms with Gasteiger partial charge in [0.15, 0.2) is 0 Å². The summed E-state index contributed by atoms with van der Waals surface area (Å²) < 4.78 is 0. The Hall–Kier alpha value is -2.25. The minimum Gasteiger partial charge on any atom is -0.391 e.